The van der Waals surface area contributed by atoms with Crippen LogP contribution in [0, 0.1) is 0 Å². The van der Waals surface area contributed by atoms with Crippen molar-refractivity contribution < 1.29 is 4.74 Å². The van der Waals surface area contributed by atoms with Crippen LogP contribution >= 0.6 is 27.5 Å². The molecule has 0 N–H and O–H groups in total. The van der Waals surface area contributed by atoms with E-state index in [2.05, 4.69) is 27.2 Å². The van der Waals surface area contributed by atoms with E-state index in [4.69, 9.17) is 11.6 Å². The van der Waals surface area contributed by atoms with Crippen LogP contribution in [-0.4, -0.2) is 7.11 Å². The first-order chi connectivity index (χ1) is 4.70. The normalized spacial score (nSPS) is 13.1. The molecule has 0 saturated carbocycles. The van der Waals surface area contributed by atoms with Crippen molar-refractivity contribution in [1.29, 1.82) is 0 Å². The van der Waals surface area contributed by atoms with E-state index in [1.807, 2.05) is 0 Å². The van der Waals surface area contributed by atoms with Crippen molar-refractivity contribution in [3.63, 3.8) is 0 Å². The summed E-state index contributed by atoms with van der Waals surface area (Å²) in [5.41, 5.74) is 0. The van der Waals surface area contributed by atoms with Gasteiger partial charge in [-0.05, 0) is 6.08 Å². The summed E-state index contributed by atoms with van der Waals surface area (Å²) >= 11 is 8.85. The van der Waals surface area contributed by atoms with Crippen molar-refractivity contribution in [1.82, 2.24) is 0 Å². The lowest BCUT2D eigenvalue weighted by Crippen LogP contribution is -1.69. The zero-order valence-electron chi connectivity index (χ0n) is 5.60. The van der Waals surface area contributed by atoms with Gasteiger partial charge in [-0.1, -0.05) is 40.2 Å². The van der Waals surface area contributed by atoms with Crippen LogP contribution < -0.4 is 0 Å². The fourth-order valence-corrected chi connectivity index (χ4v) is 0.922. The Morgan fingerprint density at radius 2 is 2.30 bits per heavy atom. The molecule has 0 aliphatic heterocycles. The van der Waals surface area contributed by atoms with E-state index in [1.165, 1.54) is 13.4 Å². The summed E-state index contributed by atoms with van der Waals surface area (Å²) < 4.78 is 5.48. The van der Waals surface area contributed by atoms with Gasteiger partial charge in [0.25, 0.3) is 0 Å². The van der Waals surface area contributed by atoms with E-state index in [-0.39, 0.29) is 0 Å². The van der Waals surface area contributed by atoms with Crippen LogP contribution in [0.25, 0.3) is 0 Å². The summed E-state index contributed by atoms with van der Waals surface area (Å²) in [6.45, 7) is 3.53. The van der Waals surface area contributed by atoms with E-state index >= 15 is 0 Å². The molecular formula is C7H8BrClO. The van der Waals surface area contributed by atoms with E-state index < -0.39 is 0 Å². The molecule has 0 spiro atoms. The Balaban J connectivity index is 4.11. The summed E-state index contributed by atoms with van der Waals surface area (Å²) in [6, 6.07) is 0. The number of hydrogen-bond donors (Lipinski definition) is 0. The highest BCUT2D eigenvalue weighted by Crippen LogP contribution is 2.12. The van der Waals surface area contributed by atoms with Gasteiger partial charge in [-0.2, -0.15) is 0 Å². The van der Waals surface area contributed by atoms with Gasteiger partial charge in [-0.3, -0.25) is 0 Å². The van der Waals surface area contributed by atoms with Crippen LogP contribution in [0.5, 0.6) is 0 Å². The fraction of sp³-hybridized carbons (Fsp3) is 0.143. The van der Waals surface area contributed by atoms with Crippen LogP contribution in [0.3, 0.4) is 0 Å². The third-order valence-electron chi connectivity index (χ3n) is 0.701. The molecule has 0 radical (unpaired) electrons. The van der Waals surface area contributed by atoms with Gasteiger partial charge in [0.05, 0.1) is 12.1 Å². The maximum atomic E-state index is 5.64. The van der Waals surface area contributed by atoms with Crippen molar-refractivity contribution in [2.45, 2.75) is 0 Å². The van der Waals surface area contributed by atoms with Gasteiger partial charge in [0.1, 0.15) is 6.26 Å². The zero-order chi connectivity index (χ0) is 7.98. The average molecular weight is 223 g/mol. The molecule has 0 rings (SSSR count). The largest absolute Gasteiger partial charge is 0.503 e. The third kappa shape index (κ3) is 4.65. The molecule has 0 aliphatic rings. The zero-order valence-corrected chi connectivity index (χ0v) is 7.95. The van der Waals surface area contributed by atoms with E-state index in [0.29, 0.717) is 5.03 Å². The molecule has 0 atom stereocenters. The maximum absolute atomic E-state index is 5.64. The Morgan fingerprint density at radius 3 is 2.70 bits per heavy atom. The summed E-state index contributed by atoms with van der Waals surface area (Å²) in [6.07, 6.45) is 4.77. The second-order valence-electron chi connectivity index (χ2n) is 1.47. The van der Waals surface area contributed by atoms with Crippen molar-refractivity contribution in [2.75, 3.05) is 7.11 Å². The first-order valence-corrected chi connectivity index (χ1v) is 3.76. The predicted octanol–water partition coefficient (Wildman–Crippen LogP) is 3.18. The molecule has 0 bridgehead atoms. The Kier molecular flexibility index (Phi) is 5.45. The van der Waals surface area contributed by atoms with E-state index in [9.17, 15) is 0 Å². The molecule has 56 valence electrons. The minimum absolute atomic E-state index is 0.522. The highest BCUT2D eigenvalue weighted by molar-refractivity contribution is 9.11. The van der Waals surface area contributed by atoms with Crippen molar-refractivity contribution in [3.8, 4) is 0 Å². The molecule has 0 unspecified atom stereocenters. The molecule has 0 heterocycles. The molecule has 0 aromatic rings. The van der Waals surface area contributed by atoms with Gasteiger partial charge in [-0.15, -0.1) is 0 Å². The van der Waals surface area contributed by atoms with E-state index in [1.54, 1.807) is 12.2 Å². The summed E-state index contributed by atoms with van der Waals surface area (Å²) in [5.74, 6) is 0. The average Bonchev–Trinajstić information content (AvgIpc) is 1.88. The van der Waals surface area contributed by atoms with Gasteiger partial charge in [-0.25, -0.2) is 0 Å². The highest BCUT2D eigenvalue weighted by Gasteiger charge is 1.86. The Hall–Kier alpha value is -0.210. The van der Waals surface area contributed by atoms with Gasteiger partial charge in [0.15, 0.2) is 0 Å². The van der Waals surface area contributed by atoms with Crippen molar-refractivity contribution in [3.05, 3.63) is 34.5 Å². The summed E-state index contributed by atoms with van der Waals surface area (Å²) in [7, 11) is 1.54. The molecular weight excluding hydrogens is 215 g/mol. The smallest absolute Gasteiger partial charge is 0.101 e. The fourth-order valence-electron chi connectivity index (χ4n) is 0.337. The first-order valence-electron chi connectivity index (χ1n) is 2.58. The van der Waals surface area contributed by atoms with Gasteiger partial charge < -0.3 is 4.74 Å². The van der Waals surface area contributed by atoms with Crippen LogP contribution in [0.4, 0.5) is 0 Å². The molecule has 0 fully saturated rings. The number of ether oxygens (including phenoxy) is 1. The summed E-state index contributed by atoms with van der Waals surface area (Å²) in [4.78, 5) is 0. The predicted molar refractivity (Wildman–Crippen MR) is 48.2 cm³/mol. The van der Waals surface area contributed by atoms with Gasteiger partial charge >= 0.3 is 0 Å². The minimum atomic E-state index is 0.522. The number of methoxy groups -OCH3 is 1. The lowest BCUT2D eigenvalue weighted by Gasteiger charge is -1.89. The standard InChI is InChI=1S/C7H8BrClO/c1-3-6(8)4-7(9)5-10-2/h3-5H,1H2,2H3/b6-4+,7-5-. The summed E-state index contributed by atoms with van der Waals surface area (Å²) in [5, 5.41) is 0.522. The minimum Gasteiger partial charge on any atom is -0.503 e. The lowest BCUT2D eigenvalue weighted by atomic mass is 10.5. The highest BCUT2D eigenvalue weighted by atomic mass is 79.9. The SMILES string of the molecule is C=C/C(Br)=C\C(Cl)=C\OC. The molecule has 0 saturated heterocycles. The van der Waals surface area contributed by atoms with Crippen molar-refractivity contribution >= 4 is 27.5 Å². The number of allylic oxidation sites excluding steroid dienone is 4. The molecule has 0 aromatic heterocycles. The molecule has 3 heteroatoms. The molecule has 10 heavy (non-hydrogen) atoms. The second-order valence-corrected chi connectivity index (χ2v) is 2.82. The second kappa shape index (κ2) is 5.57. The molecule has 0 aromatic carbocycles. The molecule has 1 nitrogen and oxygen atoms in total. The van der Waals surface area contributed by atoms with Crippen LogP contribution in [0.2, 0.25) is 0 Å². The van der Waals surface area contributed by atoms with Crippen molar-refractivity contribution in [2.24, 2.45) is 0 Å². The lowest BCUT2D eigenvalue weighted by molar-refractivity contribution is 0.337. The Bertz CT molecular complexity index is 172. The number of halogens is 2. The Morgan fingerprint density at radius 1 is 1.70 bits per heavy atom. The maximum Gasteiger partial charge on any atom is 0.101 e. The number of hydrogen-bond acceptors (Lipinski definition) is 1. The molecule has 0 amide bonds. The monoisotopic (exact) mass is 222 g/mol. The quantitative estimate of drug-likeness (QED) is 0.527. The van der Waals surface area contributed by atoms with Gasteiger partial charge in [0, 0.05) is 4.48 Å². The third-order valence-corrected chi connectivity index (χ3v) is 1.45. The topological polar surface area (TPSA) is 9.23 Å². The van der Waals surface area contributed by atoms with E-state index in [0.717, 1.165) is 4.48 Å². The van der Waals surface area contributed by atoms with Gasteiger partial charge in [0.2, 0.25) is 0 Å². The Labute approximate surface area is 74.1 Å². The van der Waals surface area contributed by atoms with Crippen LogP contribution in [-0.2, 0) is 4.74 Å². The van der Waals surface area contributed by atoms with Crippen LogP contribution in [0.1, 0.15) is 0 Å². The number of rotatable bonds is 3. The first kappa shape index (κ1) is 9.79. The molecule has 0 aliphatic carbocycles. The van der Waals surface area contributed by atoms with Crippen LogP contribution in [0.15, 0.2) is 34.5 Å².